The number of thioether (sulfide) groups is 1. The summed E-state index contributed by atoms with van der Waals surface area (Å²) in [5, 5.41) is 11.8. The van der Waals surface area contributed by atoms with Gasteiger partial charge >= 0.3 is 5.97 Å². The summed E-state index contributed by atoms with van der Waals surface area (Å²) in [4.78, 5) is 23.3. The van der Waals surface area contributed by atoms with Crippen LogP contribution in [0.3, 0.4) is 0 Å². The zero-order chi connectivity index (χ0) is 14.0. The van der Waals surface area contributed by atoms with E-state index in [0.717, 1.165) is 6.07 Å². The first kappa shape index (κ1) is 14.3. The van der Waals surface area contributed by atoms with Crippen molar-refractivity contribution in [3.8, 4) is 0 Å². The van der Waals surface area contributed by atoms with Gasteiger partial charge in [0.05, 0.1) is 4.47 Å². The lowest BCUT2D eigenvalue weighted by Gasteiger charge is -2.24. The molecule has 0 saturated carbocycles. The van der Waals surface area contributed by atoms with Gasteiger partial charge in [-0.25, -0.2) is 9.18 Å². The molecule has 19 heavy (non-hydrogen) atoms. The van der Waals surface area contributed by atoms with Gasteiger partial charge < -0.3 is 10.4 Å². The lowest BCUT2D eigenvalue weighted by Crippen LogP contribution is -2.54. The number of aliphatic carboxylic acids is 1. The minimum Gasteiger partial charge on any atom is -0.479 e. The standard InChI is InChI=1S/C12H11BrFNO3S/c13-8-2-1-7(5-9(8)14)10(16)15-12(11(17)18)3-4-19-6-12/h1-2,5H,3-4,6H2,(H,15,16)(H,17,18)/t12-/m1/s1. The molecule has 2 rings (SSSR count). The van der Waals surface area contributed by atoms with E-state index in [9.17, 15) is 19.1 Å². The maximum absolute atomic E-state index is 13.4. The fourth-order valence-corrected chi connectivity index (χ4v) is 3.38. The van der Waals surface area contributed by atoms with Gasteiger partial charge in [-0.2, -0.15) is 11.8 Å². The summed E-state index contributed by atoms with van der Waals surface area (Å²) < 4.78 is 13.6. The highest BCUT2D eigenvalue weighted by atomic mass is 79.9. The van der Waals surface area contributed by atoms with Crippen LogP contribution in [0.5, 0.6) is 0 Å². The van der Waals surface area contributed by atoms with E-state index in [1.54, 1.807) is 0 Å². The number of benzene rings is 1. The number of rotatable bonds is 3. The number of carbonyl (C=O) groups is 2. The predicted molar refractivity (Wildman–Crippen MR) is 73.9 cm³/mol. The minimum absolute atomic E-state index is 0.109. The van der Waals surface area contributed by atoms with E-state index in [1.165, 1.54) is 23.9 Å². The molecular formula is C12H11BrFNO3S. The Morgan fingerprint density at radius 2 is 2.21 bits per heavy atom. The van der Waals surface area contributed by atoms with Crippen molar-refractivity contribution in [1.82, 2.24) is 5.32 Å². The van der Waals surface area contributed by atoms with Crippen molar-refractivity contribution in [1.29, 1.82) is 0 Å². The van der Waals surface area contributed by atoms with Crippen molar-refractivity contribution in [2.45, 2.75) is 12.0 Å². The number of amides is 1. The Bertz CT molecular complexity index is 532. The van der Waals surface area contributed by atoms with Gasteiger partial charge in [0.1, 0.15) is 11.4 Å². The highest BCUT2D eigenvalue weighted by Crippen LogP contribution is 2.28. The van der Waals surface area contributed by atoms with Gasteiger partial charge in [0, 0.05) is 11.3 Å². The number of carboxylic acid groups (broad SMARTS) is 1. The Hall–Kier alpha value is -1.08. The maximum Gasteiger partial charge on any atom is 0.330 e. The molecule has 1 saturated heterocycles. The van der Waals surface area contributed by atoms with E-state index >= 15 is 0 Å². The Kier molecular flexibility index (Phi) is 4.15. The molecule has 0 unspecified atom stereocenters. The van der Waals surface area contributed by atoms with E-state index in [-0.39, 0.29) is 10.0 Å². The molecule has 102 valence electrons. The van der Waals surface area contributed by atoms with Crippen LogP contribution in [-0.4, -0.2) is 34.0 Å². The molecule has 0 aliphatic carbocycles. The van der Waals surface area contributed by atoms with Gasteiger partial charge in [-0.3, -0.25) is 4.79 Å². The molecule has 2 N–H and O–H groups in total. The van der Waals surface area contributed by atoms with Crippen LogP contribution in [0.25, 0.3) is 0 Å². The van der Waals surface area contributed by atoms with Gasteiger partial charge in [0.25, 0.3) is 5.91 Å². The highest BCUT2D eigenvalue weighted by molar-refractivity contribution is 9.10. The van der Waals surface area contributed by atoms with Crippen molar-refractivity contribution < 1.29 is 19.1 Å². The van der Waals surface area contributed by atoms with Crippen LogP contribution in [0.1, 0.15) is 16.8 Å². The number of halogens is 2. The average Bonchev–Trinajstić information content (AvgIpc) is 2.82. The number of hydrogen-bond donors (Lipinski definition) is 2. The summed E-state index contributed by atoms with van der Waals surface area (Å²) in [5.74, 6) is -1.17. The van der Waals surface area contributed by atoms with Crippen LogP contribution >= 0.6 is 27.7 Å². The molecule has 1 atom stereocenters. The number of carboxylic acids is 1. The van der Waals surface area contributed by atoms with Gasteiger partial charge in [-0.05, 0) is 46.3 Å². The summed E-state index contributed by atoms with van der Waals surface area (Å²) >= 11 is 4.47. The van der Waals surface area contributed by atoms with Crippen LogP contribution in [0, 0.1) is 5.82 Å². The predicted octanol–water partition coefficient (Wildman–Crippen LogP) is 2.28. The van der Waals surface area contributed by atoms with Crippen molar-refractivity contribution in [3.05, 3.63) is 34.1 Å². The largest absolute Gasteiger partial charge is 0.479 e. The third-order valence-corrected chi connectivity index (χ3v) is 4.80. The van der Waals surface area contributed by atoms with Crippen molar-refractivity contribution in [2.75, 3.05) is 11.5 Å². The molecule has 1 amide bonds. The second-order valence-corrected chi connectivity index (χ2v) is 6.23. The lowest BCUT2D eigenvalue weighted by molar-refractivity contribution is -0.143. The summed E-state index contributed by atoms with van der Waals surface area (Å²) in [7, 11) is 0. The van der Waals surface area contributed by atoms with Crippen molar-refractivity contribution >= 4 is 39.6 Å². The zero-order valence-electron chi connectivity index (χ0n) is 9.78. The number of carbonyl (C=O) groups excluding carboxylic acids is 1. The Morgan fingerprint density at radius 1 is 1.47 bits per heavy atom. The van der Waals surface area contributed by atoms with Crippen LogP contribution in [0.2, 0.25) is 0 Å². The maximum atomic E-state index is 13.4. The number of nitrogens with one attached hydrogen (secondary N) is 1. The molecule has 1 aromatic carbocycles. The second kappa shape index (κ2) is 5.50. The zero-order valence-corrected chi connectivity index (χ0v) is 12.2. The summed E-state index contributed by atoms with van der Waals surface area (Å²) in [6, 6.07) is 3.94. The first-order valence-electron chi connectivity index (χ1n) is 5.53. The molecule has 1 aromatic rings. The van der Waals surface area contributed by atoms with Gasteiger partial charge in [0.2, 0.25) is 0 Å². The molecule has 0 spiro atoms. The third kappa shape index (κ3) is 2.92. The van der Waals surface area contributed by atoms with Gasteiger partial charge in [0.15, 0.2) is 0 Å². The Morgan fingerprint density at radius 3 is 2.74 bits per heavy atom. The summed E-state index contributed by atoms with van der Waals surface area (Å²) in [5.41, 5.74) is -1.14. The first-order valence-corrected chi connectivity index (χ1v) is 7.48. The first-order chi connectivity index (χ1) is 8.94. The van der Waals surface area contributed by atoms with Gasteiger partial charge in [-0.1, -0.05) is 0 Å². The van der Waals surface area contributed by atoms with E-state index < -0.39 is 23.2 Å². The van der Waals surface area contributed by atoms with Crippen LogP contribution in [0.4, 0.5) is 4.39 Å². The van der Waals surface area contributed by atoms with E-state index in [2.05, 4.69) is 21.2 Å². The fourth-order valence-electron chi connectivity index (χ4n) is 1.81. The molecule has 0 radical (unpaired) electrons. The topological polar surface area (TPSA) is 66.4 Å². The third-order valence-electron chi connectivity index (χ3n) is 2.97. The van der Waals surface area contributed by atoms with Crippen LogP contribution in [-0.2, 0) is 4.79 Å². The molecule has 1 fully saturated rings. The fraction of sp³-hybridized carbons (Fsp3) is 0.333. The normalized spacial score (nSPS) is 22.2. The Labute approximate surface area is 121 Å². The molecule has 1 aliphatic rings. The van der Waals surface area contributed by atoms with Gasteiger partial charge in [-0.15, -0.1) is 0 Å². The summed E-state index contributed by atoms with van der Waals surface area (Å²) in [6.07, 6.45) is 0.373. The van der Waals surface area contributed by atoms with E-state index in [0.29, 0.717) is 17.9 Å². The average molecular weight is 348 g/mol. The molecule has 0 aromatic heterocycles. The van der Waals surface area contributed by atoms with Crippen molar-refractivity contribution in [3.63, 3.8) is 0 Å². The Balaban J connectivity index is 2.20. The highest BCUT2D eigenvalue weighted by Gasteiger charge is 2.43. The monoisotopic (exact) mass is 347 g/mol. The molecular weight excluding hydrogens is 337 g/mol. The van der Waals surface area contributed by atoms with Crippen LogP contribution in [0.15, 0.2) is 22.7 Å². The molecule has 1 heterocycles. The second-order valence-electron chi connectivity index (χ2n) is 4.27. The lowest BCUT2D eigenvalue weighted by atomic mass is 9.98. The smallest absolute Gasteiger partial charge is 0.330 e. The SMILES string of the molecule is O=C(N[C@]1(C(=O)O)CCSC1)c1ccc(Br)c(F)c1. The van der Waals surface area contributed by atoms with E-state index in [1.807, 2.05) is 0 Å². The summed E-state index contributed by atoms with van der Waals surface area (Å²) in [6.45, 7) is 0. The molecule has 7 heteroatoms. The minimum atomic E-state index is -1.24. The quantitative estimate of drug-likeness (QED) is 0.880. The molecule has 0 bridgehead atoms. The number of hydrogen-bond acceptors (Lipinski definition) is 3. The van der Waals surface area contributed by atoms with Crippen molar-refractivity contribution in [2.24, 2.45) is 0 Å². The van der Waals surface area contributed by atoms with E-state index in [4.69, 9.17) is 0 Å². The molecule has 1 aliphatic heterocycles. The molecule has 4 nitrogen and oxygen atoms in total. The van der Waals surface area contributed by atoms with Crippen LogP contribution < -0.4 is 5.32 Å².